The number of carbonyl (C=O) groups is 4. The molecule has 5 rings (SSSR count). The number of hydroxylamine groups is 2. The van der Waals surface area contributed by atoms with Gasteiger partial charge in [-0.25, -0.2) is 14.4 Å². The van der Waals surface area contributed by atoms with Crippen LogP contribution < -0.4 is 9.42 Å². The zero-order valence-corrected chi connectivity index (χ0v) is 26.5. The Bertz CT molecular complexity index is 1630. The molecule has 1 saturated heterocycles. The van der Waals surface area contributed by atoms with E-state index in [1.165, 1.54) is 17.0 Å². The molecule has 0 spiro atoms. The van der Waals surface area contributed by atoms with Crippen LogP contribution in [0.25, 0.3) is 10.9 Å². The molecule has 1 atom stereocenters. The number of fused-ring (bicyclic) bond motifs is 2. The summed E-state index contributed by atoms with van der Waals surface area (Å²) >= 11 is 0. The number of aliphatic hydroxyl groups is 1. The smallest absolute Gasteiger partial charge is 0.410 e. The fourth-order valence-corrected chi connectivity index (χ4v) is 5.15. The highest BCUT2D eigenvalue weighted by Gasteiger charge is 2.47. The van der Waals surface area contributed by atoms with Gasteiger partial charge in [-0.1, -0.05) is 12.1 Å². The van der Waals surface area contributed by atoms with E-state index in [-0.39, 0.29) is 37.4 Å². The van der Waals surface area contributed by atoms with E-state index in [2.05, 4.69) is 0 Å². The Hall–Kier alpha value is -4.49. The van der Waals surface area contributed by atoms with Gasteiger partial charge in [0.15, 0.2) is 7.05 Å². The van der Waals surface area contributed by atoms with Gasteiger partial charge in [0, 0.05) is 6.07 Å². The number of hydrogen-bond donors (Lipinski definition) is 1. The lowest BCUT2D eigenvalue weighted by molar-refractivity contribution is -0.732. The highest BCUT2D eigenvalue weighted by molar-refractivity contribution is 6.20. The van der Waals surface area contributed by atoms with E-state index in [0.717, 1.165) is 10.9 Å². The van der Waals surface area contributed by atoms with Crippen LogP contribution in [0.3, 0.4) is 0 Å². The number of aromatic nitrogens is 2. The third-order valence-corrected chi connectivity index (χ3v) is 7.16. The van der Waals surface area contributed by atoms with Crippen molar-refractivity contribution >= 4 is 34.8 Å². The van der Waals surface area contributed by atoms with Crippen molar-refractivity contribution in [3.05, 3.63) is 59.8 Å². The van der Waals surface area contributed by atoms with Crippen LogP contribution >= 0.6 is 0 Å². The van der Waals surface area contributed by atoms with Gasteiger partial charge in [-0.05, 0) is 65.8 Å². The first-order valence-corrected chi connectivity index (χ1v) is 14.6. The van der Waals surface area contributed by atoms with Crippen molar-refractivity contribution in [1.82, 2.24) is 14.6 Å². The maximum atomic E-state index is 13.1. The number of rotatable bonds is 8. The topological polar surface area (TPSA) is 141 Å². The van der Waals surface area contributed by atoms with E-state index < -0.39 is 46.8 Å². The zero-order valence-electron chi connectivity index (χ0n) is 26.5. The van der Waals surface area contributed by atoms with Crippen LogP contribution in [0, 0.1) is 0 Å². The molecule has 0 saturated carbocycles. The van der Waals surface area contributed by atoms with Crippen molar-refractivity contribution < 1.29 is 48.0 Å². The Balaban J connectivity index is 1.28. The first-order chi connectivity index (χ1) is 20.9. The van der Waals surface area contributed by atoms with E-state index in [9.17, 15) is 24.3 Å². The Morgan fingerprint density at radius 1 is 0.956 bits per heavy atom. The molecule has 13 heteroatoms. The monoisotopic (exact) mass is 623 g/mol. The highest BCUT2D eigenvalue weighted by Crippen LogP contribution is 2.27. The van der Waals surface area contributed by atoms with Gasteiger partial charge in [-0.2, -0.15) is 4.68 Å². The van der Waals surface area contributed by atoms with Crippen molar-refractivity contribution in [1.29, 1.82) is 0 Å². The maximum Gasteiger partial charge on any atom is 0.410 e. The highest BCUT2D eigenvalue weighted by atomic mass is 16.7. The number of likely N-dealkylation sites (tertiary alicyclic amines) is 1. The molecule has 1 N–H and O–H groups in total. The van der Waals surface area contributed by atoms with Crippen molar-refractivity contribution in [2.24, 2.45) is 7.05 Å². The number of carbonyl (C=O) groups excluding carboxylic acids is 4. The van der Waals surface area contributed by atoms with Crippen molar-refractivity contribution in [2.75, 3.05) is 19.7 Å². The molecule has 1 unspecified atom stereocenters. The van der Waals surface area contributed by atoms with Gasteiger partial charge in [0.1, 0.15) is 35.7 Å². The van der Waals surface area contributed by atoms with Crippen LogP contribution in [-0.4, -0.2) is 86.2 Å². The number of hydrogen-bond acceptors (Lipinski definition) is 9. The summed E-state index contributed by atoms with van der Waals surface area (Å²) in [6.45, 7) is 10.6. The molecule has 2 aliphatic rings. The average Bonchev–Trinajstić information content (AvgIpc) is 3.35. The molecular weight excluding hydrogens is 584 g/mol. The molecular formula is C32H39N4O9+. The molecule has 3 heterocycles. The molecule has 3 aromatic rings. The minimum atomic E-state index is -1.43. The average molecular weight is 624 g/mol. The third kappa shape index (κ3) is 6.94. The first kappa shape index (κ1) is 31.9. The summed E-state index contributed by atoms with van der Waals surface area (Å²) < 4.78 is 20.5. The van der Waals surface area contributed by atoms with Crippen LogP contribution in [0.5, 0.6) is 5.75 Å². The molecule has 13 nitrogen and oxygen atoms in total. The number of esters is 1. The van der Waals surface area contributed by atoms with Crippen molar-refractivity contribution in [3.8, 4) is 5.75 Å². The third-order valence-electron chi connectivity index (χ3n) is 7.16. The zero-order chi connectivity index (χ0) is 32.9. The maximum absolute atomic E-state index is 13.1. The second-order valence-corrected chi connectivity index (χ2v) is 13.4. The van der Waals surface area contributed by atoms with E-state index in [4.69, 9.17) is 19.0 Å². The largest absolute Gasteiger partial charge is 0.490 e. The quantitative estimate of drug-likeness (QED) is 0.228. The molecule has 2 aromatic carbocycles. The number of ether oxygens (including phenoxy) is 3. The lowest BCUT2D eigenvalue weighted by Crippen LogP contribution is -2.66. The predicted molar refractivity (Wildman–Crippen MR) is 159 cm³/mol. The summed E-state index contributed by atoms with van der Waals surface area (Å²) in [6.07, 6.45) is -0.0481. The second kappa shape index (κ2) is 11.5. The Kier molecular flexibility index (Phi) is 8.13. The van der Waals surface area contributed by atoms with Gasteiger partial charge >= 0.3 is 12.1 Å². The van der Waals surface area contributed by atoms with Crippen molar-refractivity contribution in [2.45, 2.75) is 71.0 Å². The molecule has 1 aromatic heterocycles. The summed E-state index contributed by atoms with van der Waals surface area (Å²) in [5.74, 6) is -1.76. The van der Waals surface area contributed by atoms with Crippen LogP contribution in [0.15, 0.2) is 48.7 Å². The summed E-state index contributed by atoms with van der Waals surface area (Å²) in [4.78, 5) is 58.3. The lowest BCUT2D eigenvalue weighted by Gasteiger charge is -2.45. The van der Waals surface area contributed by atoms with Gasteiger partial charge in [0.05, 0.1) is 35.8 Å². The van der Waals surface area contributed by atoms with E-state index >= 15 is 0 Å². The molecule has 3 amide bonds. The Morgan fingerprint density at radius 3 is 2.13 bits per heavy atom. The Morgan fingerprint density at radius 2 is 1.56 bits per heavy atom. The molecule has 45 heavy (non-hydrogen) atoms. The molecule has 0 radical (unpaired) electrons. The summed E-state index contributed by atoms with van der Waals surface area (Å²) in [6, 6.07) is 11.6. The molecule has 240 valence electrons. The molecule has 2 aliphatic heterocycles. The minimum absolute atomic E-state index is 0.143. The summed E-state index contributed by atoms with van der Waals surface area (Å²) in [5, 5.41) is 12.4. The van der Waals surface area contributed by atoms with Crippen LogP contribution in [0.2, 0.25) is 0 Å². The second-order valence-electron chi connectivity index (χ2n) is 13.4. The van der Waals surface area contributed by atoms with Crippen LogP contribution in [-0.2, 0) is 32.7 Å². The van der Waals surface area contributed by atoms with Gasteiger partial charge in [0.25, 0.3) is 11.8 Å². The van der Waals surface area contributed by atoms with Gasteiger partial charge in [-0.15, -0.1) is 9.75 Å². The fourth-order valence-electron chi connectivity index (χ4n) is 5.15. The molecule has 0 bridgehead atoms. The number of amides is 3. The molecule has 1 fully saturated rings. The van der Waals surface area contributed by atoms with Gasteiger partial charge in [-0.3, -0.25) is 9.59 Å². The number of nitrogens with zero attached hydrogens (tertiary/aromatic N) is 4. The minimum Gasteiger partial charge on any atom is -0.490 e. The van der Waals surface area contributed by atoms with Crippen LogP contribution in [0.1, 0.15) is 62.3 Å². The number of β-amino-alcohol motifs (C(OH)–C–C–N with tert-alkyl or cyclic N) is 1. The number of imide groups is 1. The predicted octanol–water partition coefficient (Wildman–Crippen LogP) is 2.76. The van der Waals surface area contributed by atoms with Crippen molar-refractivity contribution in [3.63, 3.8) is 0 Å². The summed E-state index contributed by atoms with van der Waals surface area (Å²) in [7, 11) is 1.85. The van der Waals surface area contributed by atoms with Gasteiger partial charge < -0.3 is 24.2 Å². The normalized spacial score (nSPS) is 16.8. The van der Waals surface area contributed by atoms with E-state index in [0.29, 0.717) is 10.8 Å². The standard InChI is InChI=1S/C32H39N4O9/c1-30(2,3)43-28(39)25(45-36-26(37)22-10-8-9-11-23(22)27(36)38)16-42-21-12-13-24-20(14-21)15-35(33(24)7)19-32(41)17-34(18-32)29(40)44-31(4,5)6/h8-15,25,41H,16-19H2,1-7H3/q+1. The lowest BCUT2D eigenvalue weighted by atomic mass is 9.95. The fraction of sp³-hybridized carbons (Fsp3) is 0.469. The van der Waals surface area contributed by atoms with Gasteiger partial charge in [0.2, 0.25) is 11.6 Å². The van der Waals surface area contributed by atoms with Crippen LogP contribution in [0.4, 0.5) is 4.79 Å². The van der Waals surface area contributed by atoms with E-state index in [1.807, 2.05) is 28.7 Å². The Labute approximate surface area is 260 Å². The van der Waals surface area contributed by atoms with E-state index in [1.54, 1.807) is 65.8 Å². The number of benzene rings is 2. The molecule has 0 aliphatic carbocycles. The number of aryl methyl sites for hydroxylation is 1. The first-order valence-electron chi connectivity index (χ1n) is 14.6. The summed E-state index contributed by atoms with van der Waals surface area (Å²) in [5.41, 5.74) is -1.39. The SMILES string of the molecule is C[n+]1c2ccc(OCC(ON3C(=O)c4ccccc4C3=O)C(=O)OC(C)(C)C)cc2cn1CC1(O)CN(C(=O)OC(C)(C)C)C1.